The highest BCUT2D eigenvalue weighted by Crippen LogP contribution is 2.29. The van der Waals surface area contributed by atoms with Gasteiger partial charge in [-0.25, -0.2) is 0 Å². The van der Waals surface area contributed by atoms with Crippen LogP contribution in [-0.2, 0) is 12.4 Å². The van der Waals surface area contributed by atoms with Crippen molar-refractivity contribution in [2.24, 2.45) is 7.05 Å². The van der Waals surface area contributed by atoms with Crippen molar-refractivity contribution in [2.75, 3.05) is 0 Å². The molecule has 0 radical (unpaired) electrons. The molecule has 0 saturated carbocycles. The van der Waals surface area contributed by atoms with Gasteiger partial charge in [-0.2, -0.15) is 4.68 Å². The van der Waals surface area contributed by atoms with E-state index < -0.39 is 0 Å². The molecule has 0 aliphatic heterocycles. The molecule has 0 unspecified atom stereocenters. The van der Waals surface area contributed by atoms with E-state index in [9.17, 15) is 0 Å². The average molecular weight is 279 g/mol. The monoisotopic (exact) mass is 277 g/mol. The summed E-state index contributed by atoms with van der Waals surface area (Å²) in [6.07, 6.45) is 0. The summed E-state index contributed by atoms with van der Waals surface area (Å²) in [5, 5.41) is 4.77. The molecule has 0 bridgehead atoms. The van der Waals surface area contributed by atoms with Crippen molar-refractivity contribution in [2.45, 2.75) is 5.33 Å². The van der Waals surface area contributed by atoms with Crippen LogP contribution < -0.4 is 0 Å². The van der Waals surface area contributed by atoms with Crippen LogP contribution in [0, 0.1) is 6.57 Å². The predicted molar refractivity (Wildman–Crippen MR) is 49.8 cm³/mol. The third kappa shape index (κ3) is 1.47. The molecule has 1 heterocycles. The van der Waals surface area contributed by atoms with Crippen LogP contribution in [0.3, 0.4) is 0 Å². The van der Waals surface area contributed by atoms with Gasteiger partial charge in [-0.3, -0.25) is 0 Å². The maximum Gasteiger partial charge on any atom is 0.266 e. The second-order valence-electron chi connectivity index (χ2n) is 1.95. The fraction of sp³-hybridized carbons (Fsp3) is 0.333. The van der Waals surface area contributed by atoms with Crippen LogP contribution in [0.25, 0.3) is 4.85 Å². The van der Waals surface area contributed by atoms with Crippen LogP contribution in [0.5, 0.6) is 0 Å². The van der Waals surface area contributed by atoms with Gasteiger partial charge in [0.25, 0.3) is 5.82 Å². The minimum atomic E-state index is 0.541. The van der Waals surface area contributed by atoms with Crippen molar-refractivity contribution >= 4 is 37.7 Å². The molecule has 0 amide bonds. The highest BCUT2D eigenvalue weighted by atomic mass is 79.9. The van der Waals surface area contributed by atoms with Gasteiger partial charge in [-0.1, -0.05) is 38.4 Å². The molecular formula is C6H5Br2N3. The van der Waals surface area contributed by atoms with Gasteiger partial charge in [0.05, 0.1) is 17.2 Å². The Morgan fingerprint density at radius 2 is 2.36 bits per heavy atom. The van der Waals surface area contributed by atoms with Crippen molar-refractivity contribution in [3.8, 4) is 0 Å². The lowest BCUT2D eigenvalue weighted by molar-refractivity contribution is 0.769. The molecule has 1 aromatic rings. The van der Waals surface area contributed by atoms with E-state index in [1.165, 1.54) is 0 Å². The zero-order valence-corrected chi connectivity index (χ0v) is 8.98. The minimum absolute atomic E-state index is 0.541. The van der Waals surface area contributed by atoms with Gasteiger partial charge >= 0.3 is 0 Å². The third-order valence-electron chi connectivity index (χ3n) is 1.26. The summed E-state index contributed by atoms with van der Waals surface area (Å²) in [6.45, 7) is 6.83. The molecule has 0 N–H and O–H groups in total. The van der Waals surface area contributed by atoms with Crippen molar-refractivity contribution in [3.05, 3.63) is 21.6 Å². The lowest BCUT2D eigenvalue weighted by atomic mass is 10.5. The fourth-order valence-electron chi connectivity index (χ4n) is 0.750. The number of hydrogen-bond donors (Lipinski definition) is 0. The molecule has 5 heteroatoms. The number of rotatable bonds is 1. The first-order valence-corrected chi connectivity index (χ1v) is 4.77. The van der Waals surface area contributed by atoms with Crippen LogP contribution in [0.4, 0.5) is 5.82 Å². The van der Waals surface area contributed by atoms with Crippen LogP contribution >= 0.6 is 31.9 Å². The number of hydrogen-bond acceptors (Lipinski definition) is 1. The van der Waals surface area contributed by atoms with Crippen molar-refractivity contribution in [1.82, 2.24) is 9.78 Å². The summed E-state index contributed by atoms with van der Waals surface area (Å²) in [4.78, 5) is 3.32. The highest BCUT2D eigenvalue weighted by Gasteiger charge is 2.12. The maximum atomic E-state index is 6.83. The zero-order chi connectivity index (χ0) is 8.43. The Morgan fingerprint density at radius 1 is 1.73 bits per heavy atom. The largest absolute Gasteiger partial charge is 0.361 e. The fourth-order valence-corrected chi connectivity index (χ4v) is 2.08. The number of halogens is 2. The zero-order valence-electron chi connectivity index (χ0n) is 5.80. The molecule has 3 nitrogen and oxygen atoms in total. The van der Waals surface area contributed by atoms with E-state index in [-0.39, 0.29) is 0 Å². The molecule has 0 aliphatic rings. The molecule has 58 valence electrons. The molecule has 0 aliphatic carbocycles. The summed E-state index contributed by atoms with van der Waals surface area (Å²) in [7, 11) is 1.75. The van der Waals surface area contributed by atoms with Gasteiger partial charge in [0.1, 0.15) is 0 Å². The summed E-state index contributed by atoms with van der Waals surface area (Å²) in [5.74, 6) is 0.541. The lowest BCUT2D eigenvalue weighted by Crippen LogP contribution is -1.88. The van der Waals surface area contributed by atoms with Crippen LogP contribution in [0.2, 0.25) is 0 Å². The minimum Gasteiger partial charge on any atom is -0.361 e. The Labute approximate surface area is 81.5 Å². The standard InChI is InChI=1S/C6H5Br2N3/c1-9-6-5(8)4(3-7)10-11(6)2/h3H2,2H3. The molecular weight excluding hydrogens is 274 g/mol. The SMILES string of the molecule is [C-]#[N+]c1c(Br)c(CBr)nn1C. The Morgan fingerprint density at radius 3 is 2.64 bits per heavy atom. The number of alkyl halides is 1. The second kappa shape index (κ2) is 3.37. The number of nitrogens with zero attached hydrogens (tertiary/aromatic N) is 3. The van der Waals surface area contributed by atoms with Crippen LogP contribution in [-0.4, -0.2) is 9.78 Å². The molecule has 0 fully saturated rings. The van der Waals surface area contributed by atoms with E-state index >= 15 is 0 Å². The van der Waals surface area contributed by atoms with Gasteiger partial charge in [0.15, 0.2) is 0 Å². The summed E-state index contributed by atoms with van der Waals surface area (Å²) in [6, 6.07) is 0. The van der Waals surface area contributed by atoms with E-state index in [0.29, 0.717) is 11.1 Å². The van der Waals surface area contributed by atoms with E-state index in [1.807, 2.05) is 0 Å². The molecule has 0 saturated heterocycles. The van der Waals surface area contributed by atoms with Gasteiger partial charge < -0.3 is 4.85 Å². The number of aromatic nitrogens is 2. The van der Waals surface area contributed by atoms with E-state index in [2.05, 4.69) is 41.8 Å². The summed E-state index contributed by atoms with van der Waals surface area (Å²) in [5.41, 5.74) is 0.860. The van der Waals surface area contributed by atoms with Gasteiger partial charge in [-0.15, -0.1) is 5.10 Å². The Hall–Kier alpha value is -0.340. The first-order chi connectivity index (χ1) is 5.20. The smallest absolute Gasteiger partial charge is 0.266 e. The topological polar surface area (TPSA) is 22.2 Å². The van der Waals surface area contributed by atoms with Crippen molar-refractivity contribution in [1.29, 1.82) is 0 Å². The summed E-state index contributed by atoms with van der Waals surface area (Å²) >= 11 is 6.57. The highest BCUT2D eigenvalue weighted by molar-refractivity contribution is 9.11. The van der Waals surface area contributed by atoms with Gasteiger partial charge in [0, 0.05) is 5.33 Å². The molecule has 0 spiro atoms. The summed E-state index contributed by atoms with van der Waals surface area (Å²) < 4.78 is 2.35. The Bertz CT molecular complexity index is 310. The number of aryl methyl sites for hydroxylation is 1. The van der Waals surface area contributed by atoms with Crippen LogP contribution in [0.1, 0.15) is 5.69 Å². The molecule has 1 aromatic heterocycles. The quantitative estimate of drug-likeness (QED) is 0.572. The predicted octanol–water partition coefficient (Wildman–Crippen LogP) is 2.63. The van der Waals surface area contributed by atoms with Crippen molar-refractivity contribution in [3.63, 3.8) is 0 Å². The molecule has 1 rings (SSSR count). The average Bonchev–Trinajstić information content (AvgIpc) is 2.26. The Kier molecular flexibility index (Phi) is 2.68. The van der Waals surface area contributed by atoms with Gasteiger partial charge in [-0.05, 0) is 0 Å². The van der Waals surface area contributed by atoms with Gasteiger partial charge in [0.2, 0.25) is 0 Å². The first kappa shape index (κ1) is 8.75. The molecule has 0 atom stereocenters. The first-order valence-electron chi connectivity index (χ1n) is 2.85. The maximum absolute atomic E-state index is 6.83. The lowest BCUT2D eigenvalue weighted by Gasteiger charge is -1.87. The normalized spacial score (nSPS) is 9.64. The third-order valence-corrected chi connectivity index (χ3v) is 2.60. The van der Waals surface area contributed by atoms with Crippen LogP contribution in [0.15, 0.2) is 4.47 Å². The molecule has 11 heavy (non-hydrogen) atoms. The second-order valence-corrected chi connectivity index (χ2v) is 3.31. The van der Waals surface area contributed by atoms with E-state index in [4.69, 9.17) is 6.57 Å². The molecule has 0 aromatic carbocycles. The Balaban J connectivity index is 3.28. The van der Waals surface area contributed by atoms with E-state index in [0.717, 1.165) is 10.2 Å². The van der Waals surface area contributed by atoms with E-state index in [1.54, 1.807) is 11.7 Å². The van der Waals surface area contributed by atoms with Crippen molar-refractivity contribution < 1.29 is 0 Å².